The van der Waals surface area contributed by atoms with Crippen molar-refractivity contribution in [1.29, 1.82) is 0 Å². The van der Waals surface area contributed by atoms with Gasteiger partial charge in [0.2, 0.25) is 0 Å². The molecule has 0 aromatic carbocycles. The van der Waals surface area contributed by atoms with Crippen LogP contribution in [0.1, 0.15) is 0 Å². The lowest BCUT2D eigenvalue weighted by Crippen LogP contribution is -2.27. The molecule has 58 valence electrons. The molecule has 0 aromatic rings. The van der Waals surface area contributed by atoms with Crippen LogP contribution in [0.25, 0.3) is 0 Å². The molecule has 10 heavy (non-hydrogen) atoms. The molecule has 0 saturated carbocycles. The fraction of sp³-hybridized carbons (Fsp3) is 0.800. The normalized spacial score (nSPS) is 26.2. The van der Waals surface area contributed by atoms with Gasteiger partial charge in [0.25, 0.3) is 0 Å². The topological polar surface area (TPSA) is 44.5 Å². The third-order valence-corrected chi connectivity index (χ3v) is 2.09. The molecule has 1 aliphatic rings. The monoisotopic (exact) mass is 179 g/mol. The molecule has 1 atom stereocenters. The van der Waals surface area contributed by atoms with Gasteiger partial charge in [-0.3, -0.25) is 0 Å². The zero-order valence-electron chi connectivity index (χ0n) is 5.41. The Hall–Kier alpha value is 0.160. The van der Waals surface area contributed by atoms with E-state index in [1.165, 1.54) is 11.8 Å². The molecule has 3 nitrogen and oxygen atoms in total. The Morgan fingerprint density at radius 1 is 1.60 bits per heavy atom. The molecule has 1 saturated heterocycles. The van der Waals surface area contributed by atoms with Crippen LogP contribution in [-0.2, 0) is 9.47 Å². The summed E-state index contributed by atoms with van der Waals surface area (Å²) in [7, 11) is 0. The van der Waals surface area contributed by atoms with Crippen molar-refractivity contribution < 1.29 is 9.47 Å². The molecule has 0 spiro atoms. The molecule has 1 rings (SSSR count). The van der Waals surface area contributed by atoms with Crippen molar-refractivity contribution in [3.8, 4) is 0 Å². The Labute approximate surface area is 69.2 Å². The molecule has 0 aliphatic carbocycles. The Bertz CT molecular complexity index is 125. The minimum Gasteiger partial charge on any atom is -0.385 e. The summed E-state index contributed by atoms with van der Waals surface area (Å²) in [5.74, 6) is 0. The summed E-state index contributed by atoms with van der Waals surface area (Å²) in [6, 6.07) is 0. The van der Waals surface area contributed by atoms with E-state index < -0.39 is 0 Å². The predicted molar refractivity (Wildman–Crippen MR) is 44.9 cm³/mol. The molecule has 0 radical (unpaired) electrons. The van der Waals surface area contributed by atoms with Crippen molar-refractivity contribution in [2.24, 2.45) is 5.73 Å². The van der Waals surface area contributed by atoms with Gasteiger partial charge in [-0.2, -0.15) is 0 Å². The number of nitrogens with two attached hydrogens (primary N) is 1. The molecule has 5 heteroatoms. The fourth-order valence-corrected chi connectivity index (χ4v) is 1.57. The first kappa shape index (κ1) is 8.26. The van der Waals surface area contributed by atoms with Crippen molar-refractivity contribution in [3.63, 3.8) is 0 Å². The summed E-state index contributed by atoms with van der Waals surface area (Å²) in [4.78, 5) is 0. The van der Waals surface area contributed by atoms with Crippen LogP contribution in [0.2, 0.25) is 0 Å². The first-order valence-electron chi connectivity index (χ1n) is 2.94. The van der Waals surface area contributed by atoms with Crippen LogP contribution < -0.4 is 5.73 Å². The van der Waals surface area contributed by atoms with E-state index in [9.17, 15) is 0 Å². The molecule has 0 bridgehead atoms. The lowest BCUT2D eigenvalue weighted by atomic mass is 10.6. The molecule has 1 heterocycles. The lowest BCUT2D eigenvalue weighted by Gasteiger charge is -2.21. The highest BCUT2D eigenvalue weighted by atomic mass is 32.2. The second-order valence-electron chi connectivity index (χ2n) is 1.81. The molecule has 2 N–H and O–H groups in total. The molecule has 1 unspecified atom stereocenters. The van der Waals surface area contributed by atoms with Gasteiger partial charge in [-0.05, 0) is 0 Å². The zero-order chi connectivity index (χ0) is 7.40. The maximum atomic E-state index is 5.28. The molecule has 1 fully saturated rings. The van der Waals surface area contributed by atoms with Gasteiger partial charge in [-0.15, -0.1) is 0 Å². The van der Waals surface area contributed by atoms with Crippen LogP contribution in [-0.4, -0.2) is 29.6 Å². The number of hydrogen-bond acceptors (Lipinski definition) is 4. The van der Waals surface area contributed by atoms with E-state index in [2.05, 4.69) is 12.2 Å². The Kier molecular flexibility index (Phi) is 3.41. The number of hydrogen-bond donors (Lipinski definition) is 1. The van der Waals surface area contributed by atoms with E-state index in [1.54, 1.807) is 0 Å². The zero-order valence-corrected chi connectivity index (χ0v) is 7.04. The van der Waals surface area contributed by atoms with Crippen molar-refractivity contribution >= 4 is 28.3 Å². The van der Waals surface area contributed by atoms with Crippen LogP contribution in [0, 0.1) is 0 Å². The quantitative estimate of drug-likeness (QED) is 0.588. The van der Waals surface area contributed by atoms with Gasteiger partial charge >= 0.3 is 0 Å². The van der Waals surface area contributed by atoms with E-state index in [0.717, 1.165) is 0 Å². The van der Waals surface area contributed by atoms with Crippen LogP contribution in [0.3, 0.4) is 0 Å². The minimum absolute atomic E-state index is 0.00579. The van der Waals surface area contributed by atoms with Gasteiger partial charge in [-0.1, -0.05) is 24.0 Å². The average Bonchev–Trinajstić information content (AvgIpc) is 1.88. The minimum atomic E-state index is 0.00579. The van der Waals surface area contributed by atoms with Gasteiger partial charge < -0.3 is 15.2 Å². The first-order chi connectivity index (χ1) is 4.79. The number of rotatable bonds is 1. The van der Waals surface area contributed by atoms with Crippen molar-refractivity contribution in [2.75, 3.05) is 19.8 Å². The Balaban J connectivity index is 2.19. The van der Waals surface area contributed by atoms with Gasteiger partial charge in [0.05, 0.1) is 19.8 Å². The summed E-state index contributed by atoms with van der Waals surface area (Å²) < 4.78 is 10.8. The van der Waals surface area contributed by atoms with Gasteiger partial charge in [0, 0.05) is 0 Å². The van der Waals surface area contributed by atoms with Crippen molar-refractivity contribution in [2.45, 2.75) is 5.44 Å². The second-order valence-corrected chi connectivity index (χ2v) is 3.71. The third-order valence-electron chi connectivity index (χ3n) is 1.03. The Morgan fingerprint density at radius 2 is 2.40 bits per heavy atom. The Morgan fingerprint density at radius 3 is 2.90 bits per heavy atom. The summed E-state index contributed by atoms with van der Waals surface area (Å²) in [6.07, 6.45) is 0. The lowest BCUT2D eigenvalue weighted by molar-refractivity contribution is -0.0494. The van der Waals surface area contributed by atoms with Crippen LogP contribution in [0.15, 0.2) is 0 Å². The number of thioether (sulfide) groups is 1. The van der Waals surface area contributed by atoms with E-state index in [-0.39, 0.29) is 5.44 Å². The highest BCUT2D eigenvalue weighted by molar-refractivity contribution is 8.23. The van der Waals surface area contributed by atoms with E-state index in [0.29, 0.717) is 24.1 Å². The predicted octanol–water partition coefficient (Wildman–Crippen LogP) is 0.336. The molecular weight excluding hydrogens is 170 g/mol. The first-order valence-corrected chi connectivity index (χ1v) is 4.23. The maximum Gasteiger partial charge on any atom is 0.133 e. The molecule has 0 amide bonds. The largest absolute Gasteiger partial charge is 0.385 e. The summed E-state index contributed by atoms with van der Waals surface area (Å²) in [5.41, 5.74) is 5.29. The van der Waals surface area contributed by atoms with E-state index in [1.807, 2.05) is 0 Å². The van der Waals surface area contributed by atoms with Crippen LogP contribution in [0.5, 0.6) is 0 Å². The average molecular weight is 179 g/mol. The summed E-state index contributed by atoms with van der Waals surface area (Å²) >= 11 is 6.02. The summed E-state index contributed by atoms with van der Waals surface area (Å²) in [5, 5.41) is 0. The second kappa shape index (κ2) is 4.12. The fourth-order valence-electron chi connectivity index (χ4n) is 0.664. The number of thiocarbonyl (C=S) groups is 1. The van der Waals surface area contributed by atoms with Crippen LogP contribution >= 0.6 is 24.0 Å². The van der Waals surface area contributed by atoms with Gasteiger partial charge in [0.15, 0.2) is 0 Å². The smallest absolute Gasteiger partial charge is 0.133 e. The van der Waals surface area contributed by atoms with Crippen LogP contribution in [0.4, 0.5) is 0 Å². The number of ether oxygens (including phenoxy) is 2. The highest BCUT2D eigenvalue weighted by Gasteiger charge is 2.15. The third kappa shape index (κ3) is 2.83. The standard InChI is InChI=1S/C5H9NO2S2/c6-5(9)10-4-3-7-1-2-8-4/h4H,1-3H2,(H2,6,9). The van der Waals surface area contributed by atoms with Crippen molar-refractivity contribution in [3.05, 3.63) is 0 Å². The maximum absolute atomic E-state index is 5.28. The summed E-state index contributed by atoms with van der Waals surface area (Å²) in [6.45, 7) is 1.90. The molecule has 1 aliphatic heterocycles. The molecular formula is C5H9NO2S2. The SMILES string of the molecule is NC(=S)SC1COCCO1. The van der Waals surface area contributed by atoms with Gasteiger partial charge in [-0.25, -0.2) is 0 Å². The van der Waals surface area contributed by atoms with E-state index in [4.69, 9.17) is 15.2 Å². The molecule has 0 aromatic heterocycles. The van der Waals surface area contributed by atoms with Gasteiger partial charge in [0.1, 0.15) is 9.76 Å². The van der Waals surface area contributed by atoms with E-state index >= 15 is 0 Å². The highest BCUT2D eigenvalue weighted by Crippen LogP contribution is 2.15. The van der Waals surface area contributed by atoms with Crippen molar-refractivity contribution in [1.82, 2.24) is 0 Å².